The number of rotatable bonds is 2. The lowest BCUT2D eigenvalue weighted by molar-refractivity contribution is 0.625. The summed E-state index contributed by atoms with van der Waals surface area (Å²) in [5.41, 5.74) is 8.14. The van der Waals surface area contributed by atoms with E-state index in [4.69, 9.17) is 17.3 Å². The summed E-state index contributed by atoms with van der Waals surface area (Å²) in [6.07, 6.45) is 0. The fourth-order valence-corrected chi connectivity index (χ4v) is 2.10. The number of hydrogen-bond donors (Lipinski definition) is 1. The zero-order valence-electron chi connectivity index (χ0n) is 10.4. The van der Waals surface area contributed by atoms with Crippen LogP contribution in [0.15, 0.2) is 54.6 Å². The molecule has 3 aromatic rings. The van der Waals surface area contributed by atoms with Gasteiger partial charge in [0.1, 0.15) is 11.6 Å². The number of aromatic nitrogens is 2. The molecule has 0 aliphatic rings. The third kappa shape index (κ3) is 2.38. The van der Waals surface area contributed by atoms with E-state index in [0.717, 1.165) is 5.56 Å². The van der Waals surface area contributed by atoms with Gasteiger partial charge in [0.2, 0.25) is 0 Å². The molecule has 1 heterocycles. The molecular weight excluding hydrogens is 277 g/mol. The molecule has 0 saturated carbocycles. The summed E-state index contributed by atoms with van der Waals surface area (Å²) < 4.78 is 14.8. The monoisotopic (exact) mass is 287 g/mol. The van der Waals surface area contributed by atoms with Crippen LogP contribution in [0.2, 0.25) is 5.02 Å². The smallest absolute Gasteiger partial charge is 0.127 e. The van der Waals surface area contributed by atoms with E-state index < -0.39 is 0 Å². The molecule has 5 heteroatoms. The Kier molecular flexibility index (Phi) is 3.16. The Bertz CT molecular complexity index is 750. The molecule has 2 N–H and O–H groups in total. The highest BCUT2D eigenvalue weighted by molar-refractivity contribution is 6.30. The normalized spacial score (nSPS) is 10.7. The lowest BCUT2D eigenvalue weighted by atomic mass is 10.1. The van der Waals surface area contributed by atoms with Crippen LogP contribution >= 0.6 is 11.6 Å². The first-order chi connectivity index (χ1) is 9.63. The zero-order valence-corrected chi connectivity index (χ0v) is 11.2. The van der Waals surface area contributed by atoms with Crippen LogP contribution in [-0.2, 0) is 0 Å². The Morgan fingerprint density at radius 3 is 2.50 bits per heavy atom. The van der Waals surface area contributed by atoms with E-state index in [0.29, 0.717) is 22.2 Å². The molecule has 1 aromatic heterocycles. The number of hydrogen-bond acceptors (Lipinski definition) is 2. The van der Waals surface area contributed by atoms with E-state index in [1.807, 2.05) is 12.1 Å². The van der Waals surface area contributed by atoms with Crippen LogP contribution in [-0.4, -0.2) is 9.78 Å². The standard InChI is InChI=1S/C15H11ClFN3/c16-11-6-4-10(5-7-11)14-9-15(18)20(19-14)13-3-1-2-12(17)8-13/h1-9H,18H2. The SMILES string of the molecule is Nc1cc(-c2ccc(Cl)cc2)nn1-c1cccc(F)c1. The molecule has 0 saturated heterocycles. The molecule has 3 rings (SSSR count). The van der Waals surface area contributed by atoms with Crippen LogP contribution in [0.1, 0.15) is 0 Å². The van der Waals surface area contributed by atoms with Gasteiger partial charge >= 0.3 is 0 Å². The number of nitrogens with two attached hydrogens (primary N) is 1. The first-order valence-electron chi connectivity index (χ1n) is 6.01. The van der Waals surface area contributed by atoms with Crippen molar-refractivity contribution in [3.05, 3.63) is 65.4 Å². The summed E-state index contributed by atoms with van der Waals surface area (Å²) in [5.74, 6) is 0.117. The van der Waals surface area contributed by atoms with Crippen LogP contribution in [0, 0.1) is 5.82 Å². The van der Waals surface area contributed by atoms with Gasteiger partial charge in [0.15, 0.2) is 0 Å². The Balaban J connectivity index is 2.05. The summed E-state index contributed by atoms with van der Waals surface area (Å²) in [6, 6.07) is 15.2. The second kappa shape index (κ2) is 4.98. The lowest BCUT2D eigenvalue weighted by Gasteiger charge is -2.03. The Hall–Kier alpha value is -2.33. The minimum atomic E-state index is -0.328. The number of halogens is 2. The molecule has 0 fully saturated rings. The minimum Gasteiger partial charge on any atom is -0.384 e. The Morgan fingerprint density at radius 1 is 1.05 bits per heavy atom. The largest absolute Gasteiger partial charge is 0.384 e. The van der Waals surface area contributed by atoms with Crippen molar-refractivity contribution in [2.24, 2.45) is 0 Å². The Labute approximate surface area is 120 Å². The third-order valence-corrected chi connectivity index (χ3v) is 3.18. The number of nitrogen functional groups attached to an aromatic ring is 1. The van der Waals surface area contributed by atoms with Crippen molar-refractivity contribution in [1.82, 2.24) is 9.78 Å². The highest BCUT2D eigenvalue weighted by Crippen LogP contribution is 2.24. The van der Waals surface area contributed by atoms with Gasteiger partial charge in [-0.05, 0) is 30.3 Å². The average molecular weight is 288 g/mol. The van der Waals surface area contributed by atoms with E-state index >= 15 is 0 Å². The van der Waals surface area contributed by atoms with Gasteiger partial charge in [-0.1, -0.05) is 29.8 Å². The third-order valence-electron chi connectivity index (χ3n) is 2.93. The molecule has 2 aromatic carbocycles. The van der Waals surface area contributed by atoms with Crippen molar-refractivity contribution in [1.29, 1.82) is 0 Å². The first kappa shape index (κ1) is 12.7. The minimum absolute atomic E-state index is 0.328. The maximum atomic E-state index is 13.3. The number of benzene rings is 2. The van der Waals surface area contributed by atoms with Gasteiger partial charge in [0.25, 0.3) is 0 Å². The molecule has 0 radical (unpaired) electrons. The van der Waals surface area contributed by atoms with E-state index in [-0.39, 0.29) is 5.82 Å². The predicted molar refractivity (Wildman–Crippen MR) is 78.4 cm³/mol. The van der Waals surface area contributed by atoms with E-state index in [9.17, 15) is 4.39 Å². The van der Waals surface area contributed by atoms with Crippen molar-refractivity contribution in [3.63, 3.8) is 0 Å². The molecule has 0 unspecified atom stereocenters. The quantitative estimate of drug-likeness (QED) is 0.776. The van der Waals surface area contributed by atoms with Gasteiger partial charge in [0.05, 0.1) is 11.4 Å². The van der Waals surface area contributed by atoms with Crippen LogP contribution in [0.3, 0.4) is 0 Å². The molecule has 0 atom stereocenters. The summed E-state index contributed by atoms with van der Waals surface area (Å²) in [7, 11) is 0. The maximum absolute atomic E-state index is 13.3. The highest BCUT2D eigenvalue weighted by Gasteiger charge is 2.09. The van der Waals surface area contributed by atoms with Crippen molar-refractivity contribution in [2.75, 3.05) is 5.73 Å². The second-order valence-electron chi connectivity index (χ2n) is 4.35. The topological polar surface area (TPSA) is 43.8 Å². The first-order valence-corrected chi connectivity index (χ1v) is 6.39. The predicted octanol–water partition coefficient (Wildman–Crippen LogP) is 3.91. The van der Waals surface area contributed by atoms with Gasteiger partial charge in [0, 0.05) is 16.7 Å². The summed E-state index contributed by atoms with van der Waals surface area (Å²) >= 11 is 5.86. The van der Waals surface area contributed by atoms with E-state index in [1.54, 1.807) is 30.3 Å². The summed E-state index contributed by atoms with van der Waals surface area (Å²) in [6.45, 7) is 0. The van der Waals surface area contributed by atoms with Crippen LogP contribution in [0.25, 0.3) is 16.9 Å². The molecule has 0 spiro atoms. The second-order valence-corrected chi connectivity index (χ2v) is 4.79. The zero-order chi connectivity index (χ0) is 14.1. The van der Waals surface area contributed by atoms with Crippen molar-refractivity contribution < 1.29 is 4.39 Å². The fourth-order valence-electron chi connectivity index (χ4n) is 1.97. The molecular formula is C15H11ClFN3. The van der Waals surface area contributed by atoms with Crippen molar-refractivity contribution in [2.45, 2.75) is 0 Å². The lowest BCUT2D eigenvalue weighted by Crippen LogP contribution is -2.01. The molecule has 0 aliphatic carbocycles. The van der Waals surface area contributed by atoms with Crippen LogP contribution in [0.5, 0.6) is 0 Å². The molecule has 0 amide bonds. The van der Waals surface area contributed by atoms with Crippen molar-refractivity contribution >= 4 is 17.4 Å². The van der Waals surface area contributed by atoms with Gasteiger partial charge in [-0.15, -0.1) is 0 Å². The van der Waals surface area contributed by atoms with E-state index in [2.05, 4.69) is 5.10 Å². The molecule has 100 valence electrons. The van der Waals surface area contributed by atoms with Crippen LogP contribution < -0.4 is 5.73 Å². The maximum Gasteiger partial charge on any atom is 0.127 e. The van der Waals surface area contributed by atoms with Gasteiger partial charge in [-0.3, -0.25) is 0 Å². The van der Waals surface area contributed by atoms with Crippen molar-refractivity contribution in [3.8, 4) is 16.9 Å². The van der Waals surface area contributed by atoms with Gasteiger partial charge < -0.3 is 5.73 Å². The summed E-state index contributed by atoms with van der Waals surface area (Å²) in [5, 5.41) is 5.06. The molecule has 20 heavy (non-hydrogen) atoms. The molecule has 3 nitrogen and oxygen atoms in total. The summed E-state index contributed by atoms with van der Waals surface area (Å²) in [4.78, 5) is 0. The molecule has 0 bridgehead atoms. The fraction of sp³-hybridized carbons (Fsp3) is 0. The van der Waals surface area contributed by atoms with Crippen LogP contribution in [0.4, 0.5) is 10.2 Å². The molecule has 0 aliphatic heterocycles. The average Bonchev–Trinajstić information content (AvgIpc) is 2.82. The highest BCUT2D eigenvalue weighted by atomic mass is 35.5. The number of anilines is 1. The van der Waals surface area contributed by atoms with E-state index in [1.165, 1.54) is 16.8 Å². The Morgan fingerprint density at radius 2 is 1.80 bits per heavy atom. The van der Waals surface area contributed by atoms with Gasteiger partial charge in [-0.2, -0.15) is 5.10 Å². The van der Waals surface area contributed by atoms with Gasteiger partial charge in [-0.25, -0.2) is 9.07 Å². The number of nitrogens with zero attached hydrogens (tertiary/aromatic N) is 2.